The highest BCUT2D eigenvalue weighted by atomic mass is 35.5. The van der Waals surface area contributed by atoms with Crippen LogP contribution >= 0.6 is 24.8 Å². The van der Waals surface area contributed by atoms with Gasteiger partial charge in [0, 0.05) is 25.2 Å². The molecule has 4 heterocycles. The molecule has 1 amide bonds. The van der Waals surface area contributed by atoms with Gasteiger partial charge in [0.1, 0.15) is 5.82 Å². The second kappa shape index (κ2) is 8.14. The zero-order valence-corrected chi connectivity index (χ0v) is 15.1. The highest BCUT2D eigenvalue weighted by molar-refractivity contribution is 5.85. The monoisotopic (exact) mass is 371 g/mol. The van der Waals surface area contributed by atoms with Crippen LogP contribution in [0.2, 0.25) is 0 Å². The molecule has 0 saturated carbocycles. The van der Waals surface area contributed by atoms with Gasteiger partial charge < -0.3 is 10.2 Å². The van der Waals surface area contributed by atoms with Crippen molar-refractivity contribution in [1.29, 1.82) is 0 Å². The number of halogens is 2. The first-order chi connectivity index (χ1) is 10.8. The maximum atomic E-state index is 12.6. The van der Waals surface area contributed by atoms with Gasteiger partial charge in [-0.1, -0.05) is 6.07 Å². The Morgan fingerprint density at radius 2 is 2.04 bits per heavy atom. The van der Waals surface area contributed by atoms with Crippen molar-refractivity contribution in [1.82, 2.24) is 24.8 Å². The van der Waals surface area contributed by atoms with Gasteiger partial charge in [-0.2, -0.15) is 0 Å². The number of aromatic nitrogens is 3. The maximum Gasteiger partial charge on any atom is 0.239 e. The largest absolute Gasteiger partial charge is 0.341 e. The van der Waals surface area contributed by atoms with Crippen LogP contribution in [-0.4, -0.2) is 51.1 Å². The lowest BCUT2D eigenvalue weighted by molar-refractivity contribution is -0.134. The highest BCUT2D eigenvalue weighted by Crippen LogP contribution is 2.27. The van der Waals surface area contributed by atoms with Gasteiger partial charge in [-0.05, 0) is 44.4 Å². The first kappa shape index (κ1) is 19.0. The van der Waals surface area contributed by atoms with Crippen molar-refractivity contribution in [3.8, 4) is 0 Å². The van der Waals surface area contributed by atoms with E-state index in [1.54, 1.807) is 0 Å². The number of likely N-dealkylation sites (tertiary alicyclic amines) is 1. The molecule has 2 aromatic heterocycles. The molecule has 0 aromatic carbocycles. The number of pyridine rings is 1. The first-order valence-corrected chi connectivity index (χ1v) is 8.15. The van der Waals surface area contributed by atoms with E-state index in [1.807, 2.05) is 33.7 Å². The van der Waals surface area contributed by atoms with E-state index in [0.717, 1.165) is 56.8 Å². The maximum absolute atomic E-state index is 12.6. The molecule has 6 nitrogen and oxygen atoms in total. The predicted octanol–water partition coefficient (Wildman–Crippen LogP) is 2.03. The summed E-state index contributed by atoms with van der Waals surface area (Å²) in [5.41, 5.74) is 0.874. The van der Waals surface area contributed by atoms with Gasteiger partial charge in [0.05, 0.1) is 6.04 Å². The van der Waals surface area contributed by atoms with E-state index in [4.69, 9.17) is 0 Å². The Bertz CT molecular complexity index is 686. The fraction of sp³-hybridized carbons (Fsp3) is 0.562. The van der Waals surface area contributed by atoms with Gasteiger partial charge in [-0.25, -0.2) is 0 Å². The van der Waals surface area contributed by atoms with Gasteiger partial charge in [-0.3, -0.25) is 9.20 Å². The number of hydrogen-bond donors (Lipinski definition) is 1. The van der Waals surface area contributed by atoms with E-state index in [1.165, 1.54) is 0 Å². The van der Waals surface area contributed by atoms with E-state index in [-0.39, 0.29) is 42.7 Å². The van der Waals surface area contributed by atoms with Crippen LogP contribution in [0.4, 0.5) is 0 Å². The van der Waals surface area contributed by atoms with Crippen LogP contribution in [0, 0.1) is 0 Å². The summed E-state index contributed by atoms with van der Waals surface area (Å²) in [6.45, 7) is 2.58. The molecule has 2 aliphatic rings. The third-order valence-corrected chi connectivity index (χ3v) is 4.80. The minimum absolute atomic E-state index is 0. The normalized spacial score (nSPS) is 23.6. The molecule has 2 aliphatic heterocycles. The van der Waals surface area contributed by atoms with E-state index in [2.05, 4.69) is 15.5 Å². The fourth-order valence-corrected chi connectivity index (χ4v) is 3.64. The molecule has 4 rings (SSSR count). The molecule has 0 spiro atoms. The van der Waals surface area contributed by atoms with Crippen LogP contribution < -0.4 is 5.32 Å². The number of piperidine rings is 1. The molecule has 1 N–H and O–H groups in total. The Morgan fingerprint density at radius 1 is 1.17 bits per heavy atom. The summed E-state index contributed by atoms with van der Waals surface area (Å²) in [5, 5.41) is 11.9. The molecule has 2 unspecified atom stereocenters. The number of hydrogen-bond acceptors (Lipinski definition) is 4. The lowest BCUT2D eigenvalue weighted by atomic mass is 9.96. The Hall–Kier alpha value is -1.37. The molecule has 0 bridgehead atoms. The van der Waals surface area contributed by atoms with Gasteiger partial charge in [0.2, 0.25) is 5.91 Å². The number of carbonyl (C=O) groups is 1. The predicted molar refractivity (Wildman–Crippen MR) is 97.1 cm³/mol. The van der Waals surface area contributed by atoms with Gasteiger partial charge >= 0.3 is 0 Å². The molecule has 8 heteroatoms. The lowest BCUT2D eigenvalue weighted by Crippen LogP contribution is -2.47. The summed E-state index contributed by atoms with van der Waals surface area (Å²) in [4.78, 5) is 14.6. The first-order valence-electron chi connectivity index (χ1n) is 8.15. The number of amides is 1. The average molecular weight is 372 g/mol. The fourth-order valence-electron chi connectivity index (χ4n) is 3.64. The van der Waals surface area contributed by atoms with Crippen molar-refractivity contribution < 1.29 is 4.79 Å². The Balaban J connectivity index is 0.00000104. The molecule has 2 fully saturated rings. The van der Waals surface area contributed by atoms with E-state index < -0.39 is 0 Å². The quantitative estimate of drug-likeness (QED) is 0.876. The SMILES string of the molecule is Cl.Cl.O=C(C1CCCN1)N1CCCC(c2nnc3ccccn23)C1. The summed E-state index contributed by atoms with van der Waals surface area (Å²) in [7, 11) is 0. The minimum Gasteiger partial charge on any atom is -0.341 e. The third-order valence-electron chi connectivity index (χ3n) is 4.80. The van der Waals surface area contributed by atoms with Gasteiger partial charge in [0.25, 0.3) is 0 Å². The van der Waals surface area contributed by atoms with Gasteiger partial charge in [-0.15, -0.1) is 35.0 Å². The van der Waals surface area contributed by atoms with Crippen LogP contribution in [0.15, 0.2) is 24.4 Å². The summed E-state index contributed by atoms with van der Waals surface area (Å²) >= 11 is 0. The standard InChI is InChI=1S/C16H21N5O.2ClH/c22-16(13-6-3-8-17-13)20-9-4-5-12(11-20)15-19-18-14-7-1-2-10-21(14)15;;/h1-2,7,10,12-13,17H,3-6,8-9,11H2;2*1H. The van der Waals surface area contributed by atoms with Crippen LogP contribution in [0.3, 0.4) is 0 Å². The second-order valence-electron chi connectivity index (χ2n) is 6.26. The van der Waals surface area contributed by atoms with Crippen LogP contribution in [0.1, 0.15) is 37.4 Å². The van der Waals surface area contributed by atoms with Gasteiger partial charge in [0.15, 0.2) is 5.65 Å². The van der Waals surface area contributed by atoms with Crippen LogP contribution in [0.25, 0.3) is 5.65 Å². The summed E-state index contributed by atoms with van der Waals surface area (Å²) < 4.78 is 2.05. The van der Waals surface area contributed by atoms with E-state index >= 15 is 0 Å². The van der Waals surface area contributed by atoms with Crippen LogP contribution in [0.5, 0.6) is 0 Å². The van der Waals surface area contributed by atoms with Crippen molar-refractivity contribution in [2.45, 2.75) is 37.6 Å². The lowest BCUT2D eigenvalue weighted by Gasteiger charge is -2.33. The van der Waals surface area contributed by atoms with Crippen LogP contribution in [-0.2, 0) is 4.79 Å². The zero-order chi connectivity index (χ0) is 14.9. The van der Waals surface area contributed by atoms with E-state index in [0.29, 0.717) is 0 Å². The van der Waals surface area contributed by atoms with E-state index in [9.17, 15) is 4.79 Å². The molecule has 2 saturated heterocycles. The Morgan fingerprint density at radius 3 is 2.83 bits per heavy atom. The Labute approximate surface area is 153 Å². The summed E-state index contributed by atoms with van der Waals surface area (Å²) in [6, 6.07) is 5.95. The molecule has 0 aliphatic carbocycles. The minimum atomic E-state index is 0. The Kier molecular flexibility index (Phi) is 6.43. The summed E-state index contributed by atoms with van der Waals surface area (Å²) in [5.74, 6) is 1.51. The highest BCUT2D eigenvalue weighted by Gasteiger charge is 2.32. The number of carbonyl (C=O) groups excluding carboxylic acids is 1. The summed E-state index contributed by atoms with van der Waals surface area (Å²) in [6.07, 6.45) is 6.17. The second-order valence-corrected chi connectivity index (χ2v) is 6.26. The molecule has 132 valence electrons. The molecular weight excluding hydrogens is 349 g/mol. The molecule has 24 heavy (non-hydrogen) atoms. The number of fused-ring (bicyclic) bond motifs is 1. The molecule has 0 radical (unpaired) electrons. The van der Waals surface area contributed by atoms with Crippen molar-refractivity contribution in [2.75, 3.05) is 19.6 Å². The van der Waals surface area contributed by atoms with Crippen molar-refractivity contribution >= 4 is 36.4 Å². The number of rotatable bonds is 2. The topological polar surface area (TPSA) is 62.5 Å². The van der Waals surface area contributed by atoms with Crippen molar-refractivity contribution in [2.24, 2.45) is 0 Å². The number of nitrogens with one attached hydrogen (secondary N) is 1. The molecular formula is C16H23Cl2N5O. The van der Waals surface area contributed by atoms with Crippen molar-refractivity contribution in [3.05, 3.63) is 30.2 Å². The number of nitrogens with zero attached hydrogens (tertiary/aromatic N) is 4. The molecule has 2 aromatic rings. The van der Waals surface area contributed by atoms with Crippen molar-refractivity contribution in [3.63, 3.8) is 0 Å². The average Bonchev–Trinajstić information content (AvgIpc) is 3.24. The smallest absolute Gasteiger partial charge is 0.239 e. The molecule has 2 atom stereocenters. The zero-order valence-electron chi connectivity index (χ0n) is 13.4. The third kappa shape index (κ3) is 3.50.